The van der Waals surface area contributed by atoms with Crippen molar-refractivity contribution >= 4 is 0 Å². The minimum atomic E-state index is -0.603. The number of ether oxygens (including phenoxy) is 1. The van der Waals surface area contributed by atoms with Gasteiger partial charge in [-0.2, -0.15) is 10.1 Å². The lowest BCUT2D eigenvalue weighted by atomic mass is 9.93. The number of nitrogens with zero attached hydrogens (tertiary/aromatic N) is 4. The van der Waals surface area contributed by atoms with Gasteiger partial charge in [0.25, 0.3) is 5.89 Å². The number of hydrogen-bond donors (Lipinski definition) is 0. The summed E-state index contributed by atoms with van der Waals surface area (Å²) in [5, 5.41) is 8.40. The number of halogens is 2. The third-order valence-corrected chi connectivity index (χ3v) is 4.85. The molecule has 2 aromatic heterocycles. The Morgan fingerprint density at radius 3 is 2.71 bits per heavy atom. The Kier molecular flexibility index (Phi) is 5.21. The second-order valence-corrected chi connectivity index (χ2v) is 7.45. The molecule has 3 heterocycles. The molecule has 0 amide bonds. The van der Waals surface area contributed by atoms with Crippen LogP contribution in [0.1, 0.15) is 38.3 Å². The topological polar surface area (TPSA) is 66.0 Å². The van der Waals surface area contributed by atoms with Crippen LogP contribution in [0.2, 0.25) is 0 Å². The summed E-state index contributed by atoms with van der Waals surface area (Å²) >= 11 is 0. The predicted octanol–water partition coefficient (Wildman–Crippen LogP) is 4.43. The zero-order valence-corrected chi connectivity index (χ0v) is 15.9. The van der Waals surface area contributed by atoms with Crippen LogP contribution >= 0.6 is 0 Å². The Bertz CT molecular complexity index is 961. The summed E-state index contributed by atoms with van der Waals surface area (Å²) in [5.41, 5.74) is 1.74. The third kappa shape index (κ3) is 3.69. The van der Waals surface area contributed by atoms with Crippen LogP contribution < -0.4 is 0 Å². The van der Waals surface area contributed by atoms with E-state index in [0.29, 0.717) is 19.1 Å². The summed E-state index contributed by atoms with van der Waals surface area (Å²) in [7, 11) is 0. The van der Waals surface area contributed by atoms with Gasteiger partial charge >= 0.3 is 0 Å². The minimum Gasteiger partial charge on any atom is -0.381 e. The average Bonchev–Trinajstić information content (AvgIpc) is 3.31. The van der Waals surface area contributed by atoms with Crippen molar-refractivity contribution in [1.82, 2.24) is 19.9 Å². The summed E-state index contributed by atoms with van der Waals surface area (Å²) in [5.74, 6) is -0.196. The fraction of sp³-hybridized carbons (Fsp3) is 0.450. The maximum absolute atomic E-state index is 14.1. The van der Waals surface area contributed by atoms with Gasteiger partial charge < -0.3 is 9.26 Å². The predicted molar refractivity (Wildman–Crippen MR) is 98.5 cm³/mol. The molecule has 0 bridgehead atoms. The van der Waals surface area contributed by atoms with Crippen LogP contribution in [-0.2, 0) is 11.3 Å². The summed E-state index contributed by atoms with van der Waals surface area (Å²) in [6, 6.07) is 3.17. The van der Waals surface area contributed by atoms with Gasteiger partial charge in [-0.1, -0.05) is 19.0 Å². The van der Waals surface area contributed by atoms with Gasteiger partial charge in [0, 0.05) is 25.7 Å². The molecule has 1 aliphatic heterocycles. The number of rotatable bonds is 5. The second kappa shape index (κ2) is 7.79. The Hall–Kier alpha value is -2.61. The van der Waals surface area contributed by atoms with Crippen LogP contribution in [0, 0.1) is 17.6 Å². The van der Waals surface area contributed by atoms with E-state index in [1.807, 2.05) is 4.68 Å². The largest absolute Gasteiger partial charge is 0.381 e. The first-order chi connectivity index (χ1) is 13.5. The molecule has 0 radical (unpaired) electrons. The zero-order chi connectivity index (χ0) is 19.7. The smallest absolute Gasteiger partial charge is 0.261 e. The molecule has 4 rings (SSSR count). The summed E-state index contributed by atoms with van der Waals surface area (Å²) in [6.07, 6.45) is 3.49. The van der Waals surface area contributed by atoms with Gasteiger partial charge in [-0.25, -0.2) is 8.78 Å². The normalized spacial score (nSPS) is 15.5. The molecule has 0 unspecified atom stereocenters. The van der Waals surface area contributed by atoms with Crippen molar-refractivity contribution in [2.45, 2.75) is 39.2 Å². The van der Waals surface area contributed by atoms with E-state index in [-0.39, 0.29) is 23.2 Å². The fourth-order valence-electron chi connectivity index (χ4n) is 3.56. The molecule has 6 nitrogen and oxygen atoms in total. The maximum Gasteiger partial charge on any atom is 0.261 e. The van der Waals surface area contributed by atoms with Crippen LogP contribution in [-0.4, -0.2) is 33.1 Å². The van der Waals surface area contributed by atoms with Gasteiger partial charge in [0.15, 0.2) is 0 Å². The van der Waals surface area contributed by atoms with E-state index in [9.17, 15) is 8.78 Å². The van der Waals surface area contributed by atoms with E-state index in [0.717, 1.165) is 48.8 Å². The first kappa shape index (κ1) is 18.7. The molecule has 0 N–H and O–H groups in total. The molecule has 148 valence electrons. The van der Waals surface area contributed by atoms with Crippen LogP contribution in [0.15, 0.2) is 28.9 Å². The Morgan fingerprint density at radius 1 is 1.18 bits per heavy atom. The van der Waals surface area contributed by atoms with Crippen LogP contribution in [0.5, 0.6) is 0 Å². The first-order valence-electron chi connectivity index (χ1n) is 9.46. The Balaban J connectivity index is 1.74. The SMILES string of the molecule is CC(C)Cn1ncc(-c2nc(-c3cc(F)ccc3F)no2)c1C1CCOCC1. The van der Waals surface area contributed by atoms with Gasteiger partial charge in [0.1, 0.15) is 11.6 Å². The fourth-order valence-corrected chi connectivity index (χ4v) is 3.56. The minimum absolute atomic E-state index is 0.0153. The van der Waals surface area contributed by atoms with Gasteiger partial charge in [0.05, 0.1) is 23.0 Å². The van der Waals surface area contributed by atoms with E-state index in [1.165, 1.54) is 0 Å². The molecule has 1 aliphatic rings. The summed E-state index contributed by atoms with van der Waals surface area (Å²) < 4.78 is 40.5. The molecule has 0 saturated carbocycles. The number of hydrogen-bond acceptors (Lipinski definition) is 5. The van der Waals surface area contributed by atoms with Crippen molar-refractivity contribution < 1.29 is 18.0 Å². The maximum atomic E-state index is 14.1. The molecule has 0 atom stereocenters. The zero-order valence-electron chi connectivity index (χ0n) is 15.9. The van der Waals surface area contributed by atoms with Gasteiger partial charge in [-0.05, 0) is 37.0 Å². The summed E-state index contributed by atoms with van der Waals surface area (Å²) in [4.78, 5) is 4.33. The highest BCUT2D eigenvalue weighted by molar-refractivity contribution is 5.62. The lowest BCUT2D eigenvalue weighted by molar-refractivity contribution is 0.0834. The van der Waals surface area contributed by atoms with E-state index < -0.39 is 11.6 Å². The second-order valence-electron chi connectivity index (χ2n) is 7.45. The highest BCUT2D eigenvalue weighted by Gasteiger charge is 2.27. The van der Waals surface area contributed by atoms with E-state index in [2.05, 4.69) is 29.1 Å². The van der Waals surface area contributed by atoms with Crippen molar-refractivity contribution in [1.29, 1.82) is 0 Å². The molecule has 1 aromatic carbocycles. The van der Waals surface area contributed by atoms with Gasteiger partial charge in [-0.3, -0.25) is 4.68 Å². The van der Waals surface area contributed by atoms with Crippen molar-refractivity contribution in [3.63, 3.8) is 0 Å². The van der Waals surface area contributed by atoms with Crippen molar-refractivity contribution in [2.75, 3.05) is 13.2 Å². The molecule has 28 heavy (non-hydrogen) atoms. The summed E-state index contributed by atoms with van der Waals surface area (Å²) in [6.45, 7) is 6.42. The molecular formula is C20H22F2N4O2. The van der Waals surface area contributed by atoms with Crippen LogP contribution in [0.4, 0.5) is 8.78 Å². The number of benzene rings is 1. The highest BCUT2D eigenvalue weighted by atomic mass is 19.1. The average molecular weight is 388 g/mol. The Morgan fingerprint density at radius 2 is 1.96 bits per heavy atom. The van der Waals surface area contributed by atoms with Crippen LogP contribution in [0.25, 0.3) is 22.8 Å². The lowest BCUT2D eigenvalue weighted by Gasteiger charge is -2.24. The first-order valence-corrected chi connectivity index (χ1v) is 9.46. The number of aromatic nitrogens is 4. The quantitative estimate of drug-likeness (QED) is 0.647. The standard InChI is InChI=1S/C20H22F2N4O2/c1-12(2)11-26-18(13-5-7-27-8-6-13)16(10-23-26)20-24-19(25-28-20)15-9-14(21)3-4-17(15)22/h3-4,9-10,12-13H,5-8,11H2,1-2H3. The molecule has 0 spiro atoms. The van der Waals surface area contributed by atoms with Crippen LogP contribution in [0.3, 0.4) is 0 Å². The molecule has 8 heteroatoms. The highest BCUT2D eigenvalue weighted by Crippen LogP contribution is 2.35. The van der Waals surface area contributed by atoms with E-state index in [1.54, 1.807) is 6.20 Å². The molecule has 0 aliphatic carbocycles. The molecule has 1 fully saturated rings. The van der Waals surface area contributed by atoms with E-state index >= 15 is 0 Å². The monoisotopic (exact) mass is 388 g/mol. The van der Waals surface area contributed by atoms with Gasteiger partial charge in [-0.15, -0.1) is 0 Å². The lowest BCUT2D eigenvalue weighted by Crippen LogP contribution is -2.19. The third-order valence-electron chi connectivity index (χ3n) is 4.85. The van der Waals surface area contributed by atoms with Crippen molar-refractivity contribution in [3.8, 4) is 22.8 Å². The van der Waals surface area contributed by atoms with Crippen molar-refractivity contribution in [2.24, 2.45) is 5.92 Å². The molecule has 3 aromatic rings. The van der Waals surface area contributed by atoms with Gasteiger partial charge in [0.2, 0.25) is 5.82 Å². The Labute approximate surface area is 161 Å². The van der Waals surface area contributed by atoms with E-state index in [4.69, 9.17) is 9.26 Å². The molecule has 1 saturated heterocycles. The molecular weight excluding hydrogens is 366 g/mol. The van der Waals surface area contributed by atoms with Crippen molar-refractivity contribution in [3.05, 3.63) is 41.7 Å².